The van der Waals surface area contributed by atoms with Gasteiger partial charge in [-0.05, 0) is 44.0 Å². The molecule has 1 fully saturated rings. The highest BCUT2D eigenvalue weighted by atomic mass is 16.3. The van der Waals surface area contributed by atoms with Crippen molar-refractivity contribution in [1.82, 2.24) is 14.5 Å². The number of hydrogen-bond donors (Lipinski definition) is 1. The van der Waals surface area contributed by atoms with Crippen molar-refractivity contribution in [3.05, 3.63) is 48.4 Å². The number of carbonyl (C=O) groups excluding carboxylic acids is 2. The molecular formula is C20H22N4O3. The van der Waals surface area contributed by atoms with E-state index in [-0.39, 0.29) is 17.7 Å². The average Bonchev–Trinajstić information content (AvgIpc) is 3.35. The summed E-state index contributed by atoms with van der Waals surface area (Å²) in [6.07, 6.45) is 3.02. The predicted octanol–water partition coefficient (Wildman–Crippen LogP) is 3.14. The minimum Gasteiger partial charge on any atom is -0.459 e. The summed E-state index contributed by atoms with van der Waals surface area (Å²) in [6, 6.07) is 11.2. The van der Waals surface area contributed by atoms with Gasteiger partial charge >= 0.3 is 0 Å². The van der Waals surface area contributed by atoms with Crippen LogP contribution in [-0.2, 0) is 11.3 Å². The Bertz CT molecular complexity index is 961. The molecule has 1 atom stereocenters. The highest BCUT2D eigenvalue weighted by molar-refractivity contribution is 5.95. The van der Waals surface area contributed by atoms with Crippen molar-refractivity contribution >= 4 is 28.8 Å². The van der Waals surface area contributed by atoms with E-state index >= 15 is 0 Å². The number of imidazole rings is 1. The number of benzene rings is 1. The molecule has 140 valence electrons. The molecule has 4 rings (SSSR count). The van der Waals surface area contributed by atoms with Crippen molar-refractivity contribution in [2.24, 2.45) is 5.92 Å². The topological polar surface area (TPSA) is 80.4 Å². The molecule has 2 amide bonds. The second kappa shape index (κ2) is 7.26. The SMILES string of the molecule is CCn1c(NC(=O)[C@@H]2CCCN(C(=O)c3ccco3)C2)nc2ccccc21. The van der Waals surface area contributed by atoms with Gasteiger partial charge in [0.25, 0.3) is 5.91 Å². The van der Waals surface area contributed by atoms with Crippen LogP contribution < -0.4 is 5.32 Å². The molecule has 0 spiro atoms. The van der Waals surface area contributed by atoms with Crippen LogP contribution in [0.2, 0.25) is 0 Å². The highest BCUT2D eigenvalue weighted by Crippen LogP contribution is 2.23. The average molecular weight is 366 g/mol. The first-order chi connectivity index (χ1) is 13.2. The molecule has 1 aliphatic heterocycles. The summed E-state index contributed by atoms with van der Waals surface area (Å²) >= 11 is 0. The van der Waals surface area contributed by atoms with Gasteiger partial charge < -0.3 is 13.9 Å². The van der Waals surface area contributed by atoms with Crippen LogP contribution in [0.5, 0.6) is 0 Å². The Hall–Kier alpha value is -3.09. The minimum atomic E-state index is -0.261. The first-order valence-electron chi connectivity index (χ1n) is 9.26. The van der Waals surface area contributed by atoms with E-state index < -0.39 is 0 Å². The van der Waals surface area contributed by atoms with Crippen molar-refractivity contribution in [1.29, 1.82) is 0 Å². The van der Waals surface area contributed by atoms with Gasteiger partial charge in [-0.2, -0.15) is 0 Å². The van der Waals surface area contributed by atoms with Gasteiger partial charge in [0.2, 0.25) is 11.9 Å². The second-order valence-corrected chi connectivity index (χ2v) is 6.73. The molecule has 1 aliphatic rings. The zero-order valence-corrected chi connectivity index (χ0v) is 15.2. The Kier molecular flexibility index (Phi) is 4.66. The first-order valence-corrected chi connectivity index (χ1v) is 9.26. The summed E-state index contributed by atoms with van der Waals surface area (Å²) in [5, 5.41) is 2.97. The van der Waals surface area contributed by atoms with Crippen molar-refractivity contribution in [3.8, 4) is 0 Å². The largest absolute Gasteiger partial charge is 0.459 e. The number of nitrogens with one attached hydrogen (secondary N) is 1. The van der Waals surface area contributed by atoms with Crippen LogP contribution in [0.1, 0.15) is 30.3 Å². The van der Waals surface area contributed by atoms with E-state index in [1.165, 1.54) is 6.26 Å². The number of fused-ring (bicyclic) bond motifs is 1. The van der Waals surface area contributed by atoms with Gasteiger partial charge in [-0.25, -0.2) is 4.98 Å². The molecule has 0 aliphatic carbocycles. The number of aromatic nitrogens is 2. The number of para-hydroxylation sites is 2. The molecule has 1 saturated heterocycles. The van der Waals surface area contributed by atoms with Crippen LogP contribution >= 0.6 is 0 Å². The van der Waals surface area contributed by atoms with Crippen LogP contribution in [-0.4, -0.2) is 39.4 Å². The highest BCUT2D eigenvalue weighted by Gasteiger charge is 2.30. The van der Waals surface area contributed by atoms with Crippen LogP contribution in [0, 0.1) is 5.92 Å². The fourth-order valence-electron chi connectivity index (χ4n) is 3.63. The molecule has 27 heavy (non-hydrogen) atoms. The maximum Gasteiger partial charge on any atom is 0.289 e. The van der Waals surface area contributed by atoms with E-state index in [4.69, 9.17) is 4.42 Å². The minimum absolute atomic E-state index is 0.100. The lowest BCUT2D eigenvalue weighted by molar-refractivity contribution is -0.121. The Morgan fingerprint density at radius 1 is 1.26 bits per heavy atom. The Morgan fingerprint density at radius 3 is 2.89 bits per heavy atom. The van der Waals surface area contributed by atoms with Crippen molar-refractivity contribution in [3.63, 3.8) is 0 Å². The first kappa shape index (κ1) is 17.3. The van der Waals surface area contributed by atoms with Crippen molar-refractivity contribution < 1.29 is 14.0 Å². The van der Waals surface area contributed by atoms with Gasteiger partial charge in [-0.3, -0.25) is 14.9 Å². The quantitative estimate of drug-likeness (QED) is 0.769. The summed E-state index contributed by atoms with van der Waals surface area (Å²) in [5.74, 6) is 0.333. The normalized spacial score (nSPS) is 17.2. The zero-order valence-electron chi connectivity index (χ0n) is 15.2. The maximum atomic E-state index is 12.8. The molecule has 0 radical (unpaired) electrons. The molecule has 3 aromatic rings. The molecule has 2 aromatic heterocycles. The number of piperidine rings is 1. The van der Waals surface area contributed by atoms with Crippen molar-refractivity contribution in [2.75, 3.05) is 18.4 Å². The van der Waals surface area contributed by atoms with Gasteiger partial charge in [-0.15, -0.1) is 0 Å². The third kappa shape index (κ3) is 3.32. The van der Waals surface area contributed by atoms with E-state index in [0.717, 1.165) is 23.9 Å². The fourth-order valence-corrected chi connectivity index (χ4v) is 3.63. The van der Waals surface area contributed by atoms with Crippen LogP contribution in [0.3, 0.4) is 0 Å². The van der Waals surface area contributed by atoms with Crippen LogP contribution in [0.15, 0.2) is 47.1 Å². The number of aryl methyl sites for hydroxylation is 1. The standard InChI is InChI=1S/C20H22N4O3/c1-2-24-16-9-4-3-8-15(16)21-20(24)22-18(25)14-7-5-11-23(13-14)19(26)17-10-6-12-27-17/h3-4,6,8-10,12,14H,2,5,7,11,13H2,1H3,(H,21,22,25)/t14-/m1/s1. The maximum absolute atomic E-state index is 12.8. The Balaban J connectivity index is 1.49. The van der Waals surface area contributed by atoms with Crippen molar-refractivity contribution in [2.45, 2.75) is 26.3 Å². The predicted molar refractivity (Wildman–Crippen MR) is 101 cm³/mol. The van der Waals surface area contributed by atoms with Gasteiger partial charge in [0, 0.05) is 19.6 Å². The number of amides is 2. The van der Waals surface area contributed by atoms with E-state index in [1.807, 2.05) is 35.8 Å². The number of furan rings is 1. The van der Waals surface area contributed by atoms with E-state index in [0.29, 0.717) is 31.3 Å². The van der Waals surface area contributed by atoms with Gasteiger partial charge in [0.1, 0.15) is 0 Å². The van der Waals surface area contributed by atoms with E-state index in [2.05, 4.69) is 10.3 Å². The monoisotopic (exact) mass is 366 g/mol. The molecule has 1 aromatic carbocycles. The summed E-state index contributed by atoms with van der Waals surface area (Å²) < 4.78 is 7.19. The summed E-state index contributed by atoms with van der Waals surface area (Å²) in [6.45, 7) is 3.76. The third-order valence-corrected chi connectivity index (χ3v) is 5.02. The lowest BCUT2D eigenvalue weighted by Gasteiger charge is -2.31. The van der Waals surface area contributed by atoms with Gasteiger partial charge in [0.05, 0.1) is 23.2 Å². The summed E-state index contributed by atoms with van der Waals surface area (Å²) in [5.41, 5.74) is 1.85. The van der Waals surface area contributed by atoms with E-state index in [9.17, 15) is 9.59 Å². The lowest BCUT2D eigenvalue weighted by atomic mass is 9.97. The number of likely N-dealkylation sites (tertiary alicyclic amines) is 1. The molecule has 0 unspecified atom stereocenters. The lowest BCUT2D eigenvalue weighted by Crippen LogP contribution is -2.43. The van der Waals surface area contributed by atoms with Gasteiger partial charge in [-0.1, -0.05) is 12.1 Å². The van der Waals surface area contributed by atoms with Crippen LogP contribution in [0.4, 0.5) is 5.95 Å². The van der Waals surface area contributed by atoms with Crippen LogP contribution in [0.25, 0.3) is 11.0 Å². The number of hydrogen-bond acceptors (Lipinski definition) is 4. The summed E-state index contributed by atoms with van der Waals surface area (Å²) in [7, 11) is 0. The Labute approximate surface area is 157 Å². The van der Waals surface area contributed by atoms with Gasteiger partial charge in [0.15, 0.2) is 5.76 Å². The molecule has 0 saturated carbocycles. The molecular weight excluding hydrogens is 344 g/mol. The number of nitrogens with zero attached hydrogens (tertiary/aromatic N) is 3. The van der Waals surface area contributed by atoms with E-state index in [1.54, 1.807) is 17.0 Å². The smallest absolute Gasteiger partial charge is 0.289 e. The molecule has 3 heterocycles. The molecule has 7 nitrogen and oxygen atoms in total. The third-order valence-electron chi connectivity index (χ3n) is 5.02. The molecule has 7 heteroatoms. The molecule has 0 bridgehead atoms. The fraction of sp³-hybridized carbons (Fsp3) is 0.350. The molecule has 1 N–H and O–H groups in total. The Morgan fingerprint density at radius 2 is 2.11 bits per heavy atom. The number of anilines is 1. The number of carbonyl (C=O) groups is 2. The number of rotatable bonds is 4. The second-order valence-electron chi connectivity index (χ2n) is 6.73. The summed E-state index contributed by atoms with van der Waals surface area (Å²) in [4.78, 5) is 31.6. The zero-order chi connectivity index (χ0) is 18.8.